The number of hydrogen-bond acceptors (Lipinski definition) is 4. The molecule has 0 aliphatic carbocycles. The Labute approximate surface area is 137 Å². The molecule has 4 heteroatoms. The molecule has 23 heavy (non-hydrogen) atoms. The van der Waals surface area contributed by atoms with E-state index in [4.69, 9.17) is 5.73 Å². The first-order valence-electron chi connectivity index (χ1n) is 7.55. The minimum absolute atomic E-state index is 0.309. The first kappa shape index (κ1) is 17.0. The molecular weight excluding hydrogens is 286 g/mol. The van der Waals surface area contributed by atoms with Gasteiger partial charge in [-0.2, -0.15) is 0 Å². The van der Waals surface area contributed by atoms with E-state index < -0.39 is 6.35 Å². The van der Waals surface area contributed by atoms with Crippen molar-refractivity contribution < 1.29 is 5.11 Å². The summed E-state index contributed by atoms with van der Waals surface area (Å²) in [7, 11) is 0. The quantitative estimate of drug-likeness (QED) is 0.565. The van der Waals surface area contributed by atoms with E-state index in [9.17, 15) is 5.11 Å². The van der Waals surface area contributed by atoms with Gasteiger partial charge in [0.2, 0.25) is 0 Å². The summed E-state index contributed by atoms with van der Waals surface area (Å²) in [5.74, 6) is 0. The largest absolute Gasteiger partial charge is 0.401 e. The van der Waals surface area contributed by atoms with Gasteiger partial charge in [-0.1, -0.05) is 79.4 Å². The number of aliphatic hydroxyl groups excluding tert-OH is 1. The second-order valence-electron chi connectivity index (χ2n) is 5.21. The highest BCUT2D eigenvalue weighted by molar-refractivity contribution is 5.48. The van der Waals surface area contributed by atoms with Gasteiger partial charge in [0.15, 0.2) is 6.35 Å². The van der Waals surface area contributed by atoms with Crippen LogP contribution in [0.5, 0.6) is 0 Å². The van der Waals surface area contributed by atoms with Crippen LogP contribution < -0.4 is 16.4 Å². The molecule has 2 rings (SSSR count). The summed E-state index contributed by atoms with van der Waals surface area (Å²) in [6, 6.07) is 19.4. The SMILES string of the molecule is C=C(N)C(NC(O)NC/C=C\c1ccccc1)c1ccccc1. The second-order valence-corrected chi connectivity index (χ2v) is 5.21. The Morgan fingerprint density at radius 1 is 1.09 bits per heavy atom. The molecule has 0 amide bonds. The number of nitrogens with one attached hydrogen (secondary N) is 2. The lowest BCUT2D eigenvalue weighted by atomic mass is 10.1. The molecule has 2 aromatic carbocycles. The van der Waals surface area contributed by atoms with Crippen LogP contribution in [-0.4, -0.2) is 18.0 Å². The molecule has 0 aliphatic rings. The fourth-order valence-electron chi connectivity index (χ4n) is 2.22. The molecule has 0 aliphatic heterocycles. The second kappa shape index (κ2) is 8.90. The third-order valence-corrected chi connectivity index (χ3v) is 3.37. The number of rotatable bonds is 8. The van der Waals surface area contributed by atoms with E-state index in [1.807, 2.05) is 72.8 Å². The van der Waals surface area contributed by atoms with Gasteiger partial charge in [-0.15, -0.1) is 0 Å². The molecule has 0 radical (unpaired) electrons. The van der Waals surface area contributed by atoms with E-state index in [-0.39, 0.29) is 6.04 Å². The van der Waals surface area contributed by atoms with E-state index in [1.165, 1.54) is 0 Å². The zero-order valence-corrected chi connectivity index (χ0v) is 13.0. The van der Waals surface area contributed by atoms with Crippen molar-refractivity contribution in [3.63, 3.8) is 0 Å². The van der Waals surface area contributed by atoms with Crippen LogP contribution in [0.25, 0.3) is 6.08 Å². The Bertz CT molecular complexity index is 626. The van der Waals surface area contributed by atoms with Crippen LogP contribution in [0.3, 0.4) is 0 Å². The molecule has 5 N–H and O–H groups in total. The van der Waals surface area contributed by atoms with Gasteiger partial charge < -0.3 is 10.8 Å². The number of hydrogen-bond donors (Lipinski definition) is 4. The van der Waals surface area contributed by atoms with Crippen molar-refractivity contribution in [1.29, 1.82) is 0 Å². The van der Waals surface area contributed by atoms with E-state index in [0.29, 0.717) is 12.2 Å². The highest BCUT2D eigenvalue weighted by atomic mass is 16.3. The van der Waals surface area contributed by atoms with Crippen molar-refractivity contribution in [2.75, 3.05) is 6.54 Å². The third kappa shape index (κ3) is 5.71. The lowest BCUT2D eigenvalue weighted by Gasteiger charge is -2.23. The topological polar surface area (TPSA) is 70.3 Å². The standard InChI is InChI=1S/C19H23N3O/c1-15(20)18(17-12-6-3-7-13-17)22-19(23)21-14-8-11-16-9-4-2-5-10-16/h2-13,18-19,21-23H,1,14,20H2/b11-8-. The Hall–Kier alpha value is -2.40. The summed E-state index contributed by atoms with van der Waals surface area (Å²) in [5, 5.41) is 16.1. The van der Waals surface area contributed by atoms with Gasteiger partial charge in [0.25, 0.3) is 0 Å². The maximum absolute atomic E-state index is 10.1. The van der Waals surface area contributed by atoms with Crippen LogP contribution in [-0.2, 0) is 0 Å². The van der Waals surface area contributed by atoms with Crippen molar-refractivity contribution in [2.24, 2.45) is 5.73 Å². The molecule has 4 nitrogen and oxygen atoms in total. The lowest BCUT2D eigenvalue weighted by molar-refractivity contribution is 0.0963. The molecule has 120 valence electrons. The molecule has 0 spiro atoms. The molecule has 0 bridgehead atoms. The fraction of sp³-hybridized carbons (Fsp3) is 0.158. The zero-order chi connectivity index (χ0) is 16.5. The predicted octanol–water partition coefficient (Wildman–Crippen LogP) is 2.37. The third-order valence-electron chi connectivity index (χ3n) is 3.37. The van der Waals surface area contributed by atoms with E-state index >= 15 is 0 Å². The smallest absolute Gasteiger partial charge is 0.161 e. The van der Waals surface area contributed by atoms with Crippen LogP contribution in [0.4, 0.5) is 0 Å². The molecule has 0 saturated heterocycles. The van der Waals surface area contributed by atoms with Gasteiger partial charge in [0, 0.05) is 12.2 Å². The first-order valence-corrected chi connectivity index (χ1v) is 7.55. The van der Waals surface area contributed by atoms with E-state index in [0.717, 1.165) is 11.1 Å². The van der Waals surface area contributed by atoms with Gasteiger partial charge >= 0.3 is 0 Å². The number of benzene rings is 2. The molecule has 0 aromatic heterocycles. The van der Waals surface area contributed by atoms with Crippen LogP contribution in [0.15, 0.2) is 79.0 Å². The van der Waals surface area contributed by atoms with Gasteiger partial charge in [-0.3, -0.25) is 10.6 Å². The van der Waals surface area contributed by atoms with E-state index in [1.54, 1.807) is 0 Å². The summed E-state index contributed by atoms with van der Waals surface area (Å²) in [5.41, 5.74) is 8.37. The molecular formula is C19H23N3O. The Kier molecular flexibility index (Phi) is 6.56. The molecule has 0 heterocycles. The van der Waals surface area contributed by atoms with Crippen molar-refractivity contribution in [3.05, 3.63) is 90.1 Å². The molecule has 0 saturated carbocycles. The zero-order valence-electron chi connectivity index (χ0n) is 13.0. The predicted molar refractivity (Wildman–Crippen MR) is 95.1 cm³/mol. The summed E-state index contributed by atoms with van der Waals surface area (Å²) >= 11 is 0. The normalized spacial score (nSPS) is 13.8. The van der Waals surface area contributed by atoms with Crippen molar-refractivity contribution in [3.8, 4) is 0 Å². The van der Waals surface area contributed by atoms with Crippen LogP contribution in [0, 0.1) is 0 Å². The highest BCUT2D eigenvalue weighted by Crippen LogP contribution is 2.16. The van der Waals surface area contributed by atoms with Crippen LogP contribution in [0.1, 0.15) is 17.2 Å². The Morgan fingerprint density at radius 2 is 1.70 bits per heavy atom. The van der Waals surface area contributed by atoms with Gasteiger partial charge in [-0.25, -0.2) is 0 Å². The Morgan fingerprint density at radius 3 is 2.30 bits per heavy atom. The number of nitrogens with two attached hydrogens (primary N) is 1. The minimum atomic E-state index is -0.888. The van der Waals surface area contributed by atoms with Crippen molar-refractivity contribution >= 4 is 6.08 Å². The van der Waals surface area contributed by atoms with Gasteiger partial charge in [-0.05, 0) is 11.1 Å². The molecule has 0 fully saturated rings. The van der Waals surface area contributed by atoms with Gasteiger partial charge in [0.05, 0.1) is 6.04 Å². The summed E-state index contributed by atoms with van der Waals surface area (Å²) < 4.78 is 0. The highest BCUT2D eigenvalue weighted by Gasteiger charge is 2.15. The maximum Gasteiger partial charge on any atom is 0.161 e. The summed E-state index contributed by atoms with van der Waals surface area (Å²) in [6.07, 6.45) is 3.06. The molecule has 2 unspecified atom stereocenters. The monoisotopic (exact) mass is 309 g/mol. The fourth-order valence-corrected chi connectivity index (χ4v) is 2.22. The van der Waals surface area contributed by atoms with Crippen molar-refractivity contribution in [2.45, 2.75) is 12.4 Å². The summed E-state index contributed by atoms with van der Waals surface area (Å²) in [6.45, 7) is 4.31. The number of aliphatic hydroxyl groups is 1. The van der Waals surface area contributed by atoms with Crippen molar-refractivity contribution in [1.82, 2.24) is 10.6 Å². The minimum Gasteiger partial charge on any atom is -0.401 e. The molecule has 2 atom stereocenters. The first-order chi connectivity index (χ1) is 11.2. The van der Waals surface area contributed by atoms with Crippen LogP contribution >= 0.6 is 0 Å². The van der Waals surface area contributed by atoms with Crippen LogP contribution in [0.2, 0.25) is 0 Å². The summed E-state index contributed by atoms with van der Waals surface area (Å²) in [4.78, 5) is 0. The maximum atomic E-state index is 10.1. The lowest BCUT2D eigenvalue weighted by Crippen LogP contribution is -2.45. The average molecular weight is 309 g/mol. The molecule has 2 aromatic rings. The Balaban J connectivity index is 1.84. The van der Waals surface area contributed by atoms with Gasteiger partial charge in [0.1, 0.15) is 0 Å². The average Bonchev–Trinajstić information content (AvgIpc) is 2.58. The van der Waals surface area contributed by atoms with E-state index in [2.05, 4.69) is 17.2 Å².